The molecule has 0 fully saturated rings. The maximum absolute atomic E-state index is 11.8. The van der Waals surface area contributed by atoms with Crippen molar-refractivity contribution in [2.24, 2.45) is 5.10 Å². The number of para-hydroxylation sites is 1. The fraction of sp³-hybridized carbons (Fsp3) is 0.143. The lowest BCUT2D eigenvalue weighted by molar-refractivity contribution is -0.120. The van der Waals surface area contributed by atoms with E-state index < -0.39 is 0 Å². The Balaban J connectivity index is 1.38. The van der Waals surface area contributed by atoms with Crippen LogP contribution in [0.3, 0.4) is 0 Å². The molecule has 28 heavy (non-hydrogen) atoms. The van der Waals surface area contributed by atoms with Gasteiger partial charge < -0.3 is 9.47 Å². The number of thiophene rings is 1. The minimum atomic E-state index is -0.142. The van der Waals surface area contributed by atoms with Crippen LogP contribution in [0.15, 0.2) is 71.1 Å². The summed E-state index contributed by atoms with van der Waals surface area (Å²) in [6, 6.07) is 18.6. The van der Waals surface area contributed by atoms with E-state index in [0.717, 1.165) is 16.2 Å². The first-order chi connectivity index (χ1) is 13.7. The molecule has 1 aromatic heterocycles. The van der Waals surface area contributed by atoms with E-state index in [-0.39, 0.29) is 5.91 Å². The highest BCUT2D eigenvalue weighted by molar-refractivity contribution is 7.10. The number of carbonyl (C=O) groups is 1. The van der Waals surface area contributed by atoms with E-state index in [1.807, 2.05) is 60.0 Å². The van der Waals surface area contributed by atoms with Crippen LogP contribution in [0.5, 0.6) is 11.5 Å². The SMILES string of the molecule is O=C(Cc1cccs1)N/N=C\c1ccc(OCCOc2ccccc2Cl)cc1. The lowest BCUT2D eigenvalue weighted by atomic mass is 10.2. The molecule has 144 valence electrons. The van der Waals surface area contributed by atoms with Gasteiger partial charge in [0, 0.05) is 4.88 Å². The number of rotatable bonds is 9. The Bertz CT molecular complexity index is 912. The van der Waals surface area contributed by atoms with Crippen molar-refractivity contribution in [2.75, 3.05) is 13.2 Å². The molecular formula is C21H19ClN2O3S. The molecule has 3 rings (SSSR count). The Morgan fingerprint density at radius 2 is 1.82 bits per heavy atom. The summed E-state index contributed by atoms with van der Waals surface area (Å²) in [6.45, 7) is 0.792. The molecule has 5 nitrogen and oxygen atoms in total. The molecule has 1 amide bonds. The summed E-state index contributed by atoms with van der Waals surface area (Å²) >= 11 is 7.58. The summed E-state index contributed by atoms with van der Waals surface area (Å²) in [5, 5.41) is 6.50. The number of hydrazone groups is 1. The number of halogens is 1. The van der Waals surface area contributed by atoms with Crippen LogP contribution in [0.25, 0.3) is 0 Å². The number of hydrogen-bond donors (Lipinski definition) is 1. The molecule has 0 aliphatic heterocycles. The van der Waals surface area contributed by atoms with Crippen LogP contribution in [0.4, 0.5) is 0 Å². The topological polar surface area (TPSA) is 59.9 Å². The zero-order chi connectivity index (χ0) is 19.6. The largest absolute Gasteiger partial charge is 0.490 e. The first-order valence-corrected chi connectivity index (χ1v) is 9.91. The summed E-state index contributed by atoms with van der Waals surface area (Å²) in [6.07, 6.45) is 1.93. The van der Waals surface area contributed by atoms with Crippen LogP contribution in [-0.2, 0) is 11.2 Å². The average Bonchev–Trinajstić information content (AvgIpc) is 3.20. The van der Waals surface area contributed by atoms with E-state index in [9.17, 15) is 4.79 Å². The Hall–Kier alpha value is -2.83. The summed E-state index contributed by atoms with van der Waals surface area (Å²) < 4.78 is 11.2. The quantitative estimate of drug-likeness (QED) is 0.317. The number of benzene rings is 2. The van der Waals surface area contributed by atoms with E-state index in [4.69, 9.17) is 21.1 Å². The van der Waals surface area contributed by atoms with Gasteiger partial charge in [-0.3, -0.25) is 4.79 Å². The monoisotopic (exact) mass is 414 g/mol. The second-order valence-corrected chi connectivity index (χ2v) is 7.19. The first-order valence-electron chi connectivity index (χ1n) is 8.65. The first kappa shape index (κ1) is 19.9. The summed E-state index contributed by atoms with van der Waals surface area (Å²) in [5.74, 6) is 1.22. The highest BCUT2D eigenvalue weighted by Crippen LogP contribution is 2.23. The zero-order valence-electron chi connectivity index (χ0n) is 15.0. The molecule has 1 N–H and O–H groups in total. The average molecular weight is 415 g/mol. The Labute approximate surface area is 172 Å². The van der Waals surface area contributed by atoms with Crippen LogP contribution >= 0.6 is 22.9 Å². The van der Waals surface area contributed by atoms with Gasteiger partial charge in [0.1, 0.15) is 24.7 Å². The van der Waals surface area contributed by atoms with E-state index in [1.54, 1.807) is 23.6 Å². The van der Waals surface area contributed by atoms with Crippen molar-refractivity contribution in [3.8, 4) is 11.5 Å². The van der Waals surface area contributed by atoms with Crippen molar-refractivity contribution in [3.05, 3.63) is 81.5 Å². The molecule has 0 aliphatic rings. The molecular weight excluding hydrogens is 396 g/mol. The van der Waals surface area contributed by atoms with Gasteiger partial charge in [-0.25, -0.2) is 5.43 Å². The number of amides is 1. The van der Waals surface area contributed by atoms with E-state index >= 15 is 0 Å². The van der Waals surface area contributed by atoms with Crippen molar-refractivity contribution in [1.82, 2.24) is 5.43 Å². The van der Waals surface area contributed by atoms with Crippen molar-refractivity contribution < 1.29 is 14.3 Å². The molecule has 0 spiro atoms. The van der Waals surface area contributed by atoms with Gasteiger partial charge in [-0.2, -0.15) is 5.10 Å². The Kier molecular flexibility index (Phi) is 7.46. The van der Waals surface area contributed by atoms with Gasteiger partial charge in [0.25, 0.3) is 0 Å². The van der Waals surface area contributed by atoms with Crippen LogP contribution in [-0.4, -0.2) is 25.3 Å². The van der Waals surface area contributed by atoms with E-state index in [1.165, 1.54) is 0 Å². The predicted octanol–water partition coefficient (Wildman–Crippen LogP) is 4.55. The molecule has 3 aromatic rings. The maximum atomic E-state index is 11.8. The summed E-state index contributed by atoms with van der Waals surface area (Å²) in [5.41, 5.74) is 3.38. The number of nitrogens with one attached hydrogen (secondary N) is 1. The number of carbonyl (C=O) groups excluding carboxylic acids is 1. The smallest absolute Gasteiger partial charge is 0.245 e. The fourth-order valence-corrected chi connectivity index (χ4v) is 3.21. The predicted molar refractivity (Wildman–Crippen MR) is 113 cm³/mol. The van der Waals surface area contributed by atoms with Gasteiger partial charge in [-0.05, 0) is 53.4 Å². The number of ether oxygens (including phenoxy) is 2. The zero-order valence-corrected chi connectivity index (χ0v) is 16.6. The molecule has 7 heteroatoms. The highest BCUT2D eigenvalue weighted by Gasteiger charge is 2.02. The Morgan fingerprint density at radius 3 is 2.57 bits per heavy atom. The van der Waals surface area contributed by atoms with Crippen LogP contribution in [0.2, 0.25) is 5.02 Å². The van der Waals surface area contributed by atoms with Gasteiger partial charge in [-0.15, -0.1) is 11.3 Å². The summed E-state index contributed by atoms with van der Waals surface area (Å²) in [4.78, 5) is 12.8. The molecule has 2 aromatic carbocycles. The lowest BCUT2D eigenvalue weighted by Gasteiger charge is -2.09. The second kappa shape index (κ2) is 10.5. The normalized spacial score (nSPS) is 10.8. The molecule has 0 aliphatic carbocycles. The molecule has 0 unspecified atom stereocenters. The van der Waals surface area contributed by atoms with Crippen molar-refractivity contribution in [3.63, 3.8) is 0 Å². The third-order valence-corrected chi connectivity index (χ3v) is 4.83. The standard InChI is InChI=1S/C21H19ClN2O3S/c22-19-5-1-2-6-20(19)27-12-11-26-17-9-7-16(8-10-17)15-23-24-21(25)14-18-4-3-13-28-18/h1-10,13,15H,11-12,14H2,(H,24,25)/b23-15-. The van der Waals surface area contributed by atoms with Gasteiger partial charge >= 0.3 is 0 Å². The third kappa shape index (κ3) is 6.40. The molecule has 0 saturated carbocycles. The van der Waals surface area contributed by atoms with Crippen molar-refractivity contribution in [2.45, 2.75) is 6.42 Å². The van der Waals surface area contributed by atoms with Crippen LogP contribution in [0.1, 0.15) is 10.4 Å². The van der Waals surface area contributed by atoms with Crippen LogP contribution < -0.4 is 14.9 Å². The van der Waals surface area contributed by atoms with Crippen LogP contribution in [0, 0.1) is 0 Å². The van der Waals surface area contributed by atoms with Gasteiger partial charge in [-0.1, -0.05) is 29.8 Å². The van der Waals surface area contributed by atoms with E-state index in [0.29, 0.717) is 30.4 Å². The van der Waals surface area contributed by atoms with Gasteiger partial charge in [0.05, 0.1) is 17.7 Å². The van der Waals surface area contributed by atoms with Gasteiger partial charge in [0.2, 0.25) is 5.91 Å². The van der Waals surface area contributed by atoms with Crippen molar-refractivity contribution in [1.29, 1.82) is 0 Å². The minimum Gasteiger partial charge on any atom is -0.490 e. The second-order valence-electron chi connectivity index (χ2n) is 5.75. The van der Waals surface area contributed by atoms with Crippen molar-refractivity contribution >= 4 is 35.1 Å². The van der Waals surface area contributed by atoms with Gasteiger partial charge in [0.15, 0.2) is 0 Å². The summed E-state index contributed by atoms with van der Waals surface area (Å²) in [7, 11) is 0. The fourth-order valence-electron chi connectivity index (χ4n) is 2.31. The number of hydrogen-bond acceptors (Lipinski definition) is 5. The van der Waals surface area contributed by atoms with E-state index in [2.05, 4.69) is 10.5 Å². The maximum Gasteiger partial charge on any atom is 0.245 e. The highest BCUT2D eigenvalue weighted by atomic mass is 35.5. The molecule has 0 atom stereocenters. The molecule has 0 saturated heterocycles. The lowest BCUT2D eigenvalue weighted by Crippen LogP contribution is -2.19. The molecule has 0 radical (unpaired) electrons. The minimum absolute atomic E-state index is 0.142. The molecule has 1 heterocycles. The Morgan fingerprint density at radius 1 is 1.04 bits per heavy atom. The molecule has 0 bridgehead atoms. The third-order valence-electron chi connectivity index (χ3n) is 3.64. The number of nitrogens with zero attached hydrogens (tertiary/aromatic N) is 1.